The maximum Gasteiger partial charge on any atom is 0.220 e. The minimum atomic E-state index is -0.270. The van der Waals surface area contributed by atoms with Crippen molar-refractivity contribution >= 4 is 29.1 Å². The van der Waals surface area contributed by atoms with Gasteiger partial charge >= 0.3 is 0 Å². The van der Waals surface area contributed by atoms with Crippen LogP contribution in [0.25, 0.3) is 0 Å². The van der Waals surface area contributed by atoms with Crippen LogP contribution in [0.15, 0.2) is 42.5 Å². The maximum absolute atomic E-state index is 13.3. The van der Waals surface area contributed by atoms with E-state index in [2.05, 4.69) is 10.2 Å². The molecule has 7 heteroatoms. The lowest BCUT2D eigenvalue weighted by Crippen LogP contribution is -2.43. The van der Waals surface area contributed by atoms with Crippen LogP contribution >= 0.6 is 23.2 Å². The summed E-state index contributed by atoms with van der Waals surface area (Å²) in [4.78, 5) is 14.6. The number of halogens is 3. The Bertz CT molecular complexity index is 795. The Morgan fingerprint density at radius 1 is 1.14 bits per heavy atom. The summed E-state index contributed by atoms with van der Waals surface area (Å²) in [7, 11) is 0. The second-order valence-corrected chi connectivity index (χ2v) is 7.60. The lowest BCUT2D eigenvalue weighted by Gasteiger charge is -2.35. The van der Waals surface area contributed by atoms with Crippen molar-refractivity contribution in [2.45, 2.75) is 18.9 Å². The molecule has 0 saturated carbocycles. The summed E-state index contributed by atoms with van der Waals surface area (Å²) in [6.45, 7) is 3.32. The number of amides is 1. The first-order chi connectivity index (χ1) is 13.5. The largest absolute Gasteiger partial charge is 0.379 e. The summed E-state index contributed by atoms with van der Waals surface area (Å²) in [5.41, 5.74) is 1.87. The van der Waals surface area contributed by atoms with E-state index in [-0.39, 0.29) is 17.8 Å². The van der Waals surface area contributed by atoms with Gasteiger partial charge in [0.15, 0.2) is 0 Å². The Balaban J connectivity index is 1.59. The van der Waals surface area contributed by atoms with Gasteiger partial charge in [-0.15, -0.1) is 0 Å². The number of nitrogens with one attached hydrogen (secondary N) is 1. The fraction of sp³-hybridized carbons (Fsp3) is 0.381. The van der Waals surface area contributed by atoms with Crippen molar-refractivity contribution in [3.8, 4) is 0 Å². The molecule has 4 nitrogen and oxygen atoms in total. The molecule has 1 saturated heterocycles. The minimum Gasteiger partial charge on any atom is -0.379 e. The highest BCUT2D eigenvalue weighted by atomic mass is 35.5. The van der Waals surface area contributed by atoms with Gasteiger partial charge in [-0.05, 0) is 41.8 Å². The summed E-state index contributed by atoms with van der Waals surface area (Å²) in [5.74, 6) is -0.320. The zero-order valence-electron chi connectivity index (χ0n) is 15.5. The molecule has 2 aromatic rings. The van der Waals surface area contributed by atoms with Crippen LogP contribution in [0.5, 0.6) is 0 Å². The van der Waals surface area contributed by atoms with E-state index in [1.54, 1.807) is 24.3 Å². The first-order valence-corrected chi connectivity index (χ1v) is 10.1. The van der Waals surface area contributed by atoms with E-state index < -0.39 is 0 Å². The third-order valence-electron chi connectivity index (χ3n) is 4.87. The minimum absolute atomic E-state index is 0.0208. The highest BCUT2D eigenvalue weighted by molar-refractivity contribution is 6.35. The zero-order chi connectivity index (χ0) is 19.9. The summed E-state index contributed by atoms with van der Waals surface area (Å²) in [6.07, 6.45) is 0.876. The van der Waals surface area contributed by atoms with E-state index in [0.29, 0.717) is 42.6 Å². The second-order valence-electron chi connectivity index (χ2n) is 6.76. The number of benzene rings is 2. The van der Waals surface area contributed by atoms with Gasteiger partial charge in [-0.2, -0.15) is 0 Å². The van der Waals surface area contributed by atoms with Crippen molar-refractivity contribution in [1.29, 1.82) is 0 Å². The predicted molar refractivity (Wildman–Crippen MR) is 109 cm³/mol. The topological polar surface area (TPSA) is 41.6 Å². The van der Waals surface area contributed by atoms with Crippen LogP contribution < -0.4 is 5.32 Å². The van der Waals surface area contributed by atoms with Gasteiger partial charge in [-0.3, -0.25) is 9.69 Å². The monoisotopic (exact) mass is 424 g/mol. The molecule has 0 aliphatic carbocycles. The fourth-order valence-corrected chi connectivity index (χ4v) is 3.81. The summed E-state index contributed by atoms with van der Waals surface area (Å²) < 4.78 is 18.7. The number of hydrogen-bond acceptors (Lipinski definition) is 3. The van der Waals surface area contributed by atoms with Gasteiger partial charge in [0, 0.05) is 36.1 Å². The third kappa shape index (κ3) is 5.92. The van der Waals surface area contributed by atoms with Gasteiger partial charge in [-0.1, -0.05) is 41.4 Å². The van der Waals surface area contributed by atoms with Gasteiger partial charge in [0.2, 0.25) is 5.91 Å². The molecule has 1 fully saturated rings. The predicted octanol–water partition coefficient (Wildman–Crippen LogP) is 4.25. The van der Waals surface area contributed by atoms with Crippen molar-refractivity contribution in [3.63, 3.8) is 0 Å². The number of carbonyl (C=O) groups excluding carboxylic acids is 1. The standard InChI is InChI=1S/C21H23Cl2FN2O2/c22-17-5-1-15(19(23)13-17)4-8-21(27)25-14-20(26-9-11-28-12-10-26)16-2-6-18(24)7-3-16/h1-3,5-7,13,20H,4,8-12,14H2,(H,25,27). The molecule has 1 aliphatic heterocycles. The molecule has 28 heavy (non-hydrogen) atoms. The SMILES string of the molecule is O=C(CCc1ccc(Cl)cc1Cl)NCC(c1ccc(F)cc1)N1CCOCC1. The summed E-state index contributed by atoms with van der Waals surface area (Å²) in [5, 5.41) is 4.15. The molecule has 0 aromatic heterocycles. The molecule has 0 spiro atoms. The molecular weight excluding hydrogens is 402 g/mol. The normalized spacial score (nSPS) is 16.0. The number of carbonyl (C=O) groups is 1. The van der Waals surface area contributed by atoms with Crippen LogP contribution in [-0.4, -0.2) is 43.7 Å². The van der Waals surface area contributed by atoms with Crippen LogP contribution in [0.2, 0.25) is 10.0 Å². The Kier molecular flexibility index (Phi) is 7.68. The summed E-state index contributed by atoms with van der Waals surface area (Å²) >= 11 is 12.1. The molecule has 1 unspecified atom stereocenters. The second kappa shape index (κ2) is 10.2. The van der Waals surface area contributed by atoms with Gasteiger partial charge in [-0.25, -0.2) is 4.39 Å². The van der Waals surface area contributed by atoms with Gasteiger partial charge in [0.05, 0.1) is 19.3 Å². The zero-order valence-corrected chi connectivity index (χ0v) is 17.0. The van der Waals surface area contributed by atoms with Crippen molar-refractivity contribution in [1.82, 2.24) is 10.2 Å². The highest BCUT2D eigenvalue weighted by Crippen LogP contribution is 2.23. The molecule has 150 valence electrons. The lowest BCUT2D eigenvalue weighted by atomic mass is 10.0. The molecule has 3 rings (SSSR count). The van der Waals surface area contributed by atoms with Crippen LogP contribution in [0.4, 0.5) is 4.39 Å². The quantitative estimate of drug-likeness (QED) is 0.721. The van der Waals surface area contributed by atoms with Crippen molar-refractivity contribution in [3.05, 3.63) is 69.5 Å². The molecule has 1 amide bonds. The lowest BCUT2D eigenvalue weighted by molar-refractivity contribution is -0.121. The molecule has 2 aromatic carbocycles. The van der Waals surface area contributed by atoms with E-state index in [9.17, 15) is 9.18 Å². The maximum atomic E-state index is 13.3. The Morgan fingerprint density at radius 2 is 1.86 bits per heavy atom. The van der Waals surface area contributed by atoms with Crippen LogP contribution in [0.1, 0.15) is 23.6 Å². The molecular formula is C21H23Cl2FN2O2. The molecule has 1 N–H and O–H groups in total. The van der Waals surface area contributed by atoms with Gasteiger partial charge < -0.3 is 10.1 Å². The van der Waals surface area contributed by atoms with Crippen molar-refractivity contribution < 1.29 is 13.9 Å². The van der Waals surface area contributed by atoms with Gasteiger partial charge in [0.25, 0.3) is 0 Å². The van der Waals surface area contributed by atoms with E-state index in [1.807, 2.05) is 6.07 Å². The first-order valence-electron chi connectivity index (χ1n) is 9.31. The van der Waals surface area contributed by atoms with Gasteiger partial charge in [0.1, 0.15) is 5.82 Å². The van der Waals surface area contributed by atoms with Crippen LogP contribution in [0, 0.1) is 5.82 Å². The van der Waals surface area contributed by atoms with E-state index in [4.69, 9.17) is 27.9 Å². The molecule has 1 heterocycles. The molecule has 0 bridgehead atoms. The first kappa shape index (κ1) is 21.1. The highest BCUT2D eigenvalue weighted by Gasteiger charge is 2.23. The van der Waals surface area contributed by atoms with Crippen molar-refractivity contribution in [2.75, 3.05) is 32.8 Å². The van der Waals surface area contributed by atoms with Crippen molar-refractivity contribution in [2.24, 2.45) is 0 Å². The van der Waals surface area contributed by atoms with Crippen LogP contribution in [-0.2, 0) is 16.0 Å². The third-order valence-corrected chi connectivity index (χ3v) is 5.46. The number of aryl methyl sites for hydroxylation is 1. The summed E-state index contributed by atoms with van der Waals surface area (Å²) in [6, 6.07) is 11.7. The number of ether oxygens (including phenoxy) is 1. The van der Waals surface area contributed by atoms with E-state index in [0.717, 1.165) is 24.2 Å². The van der Waals surface area contributed by atoms with E-state index in [1.165, 1.54) is 12.1 Å². The molecule has 0 radical (unpaired) electrons. The molecule has 1 atom stereocenters. The average Bonchev–Trinajstić information content (AvgIpc) is 2.69. The average molecular weight is 425 g/mol. The van der Waals surface area contributed by atoms with E-state index >= 15 is 0 Å². The number of nitrogens with zero attached hydrogens (tertiary/aromatic N) is 1. The molecule has 1 aliphatic rings. The Morgan fingerprint density at radius 3 is 2.54 bits per heavy atom. The van der Waals surface area contributed by atoms with Crippen LogP contribution in [0.3, 0.4) is 0 Å². The number of morpholine rings is 1. The Hall–Kier alpha value is -1.66. The fourth-order valence-electron chi connectivity index (χ4n) is 3.30. The number of hydrogen-bond donors (Lipinski definition) is 1. The number of rotatable bonds is 7. The smallest absolute Gasteiger partial charge is 0.220 e. The Labute approximate surface area is 174 Å².